The number of hydrogen-bond acceptors (Lipinski definition) is 4. The molecule has 0 bridgehead atoms. The highest BCUT2D eigenvalue weighted by Crippen LogP contribution is 2.28. The lowest BCUT2D eigenvalue weighted by Gasteiger charge is -2.06. The van der Waals surface area contributed by atoms with E-state index in [9.17, 15) is 0 Å². The standard InChI is InChI=1S/C7H6N4S/c1-2-5-7(10-11-12-5)6-4(1)8-3-9-6/h2-3,11H,1H2,(H,8,9). The number of H-pyrrole nitrogens is 1. The van der Waals surface area contributed by atoms with Crippen LogP contribution in [0.15, 0.2) is 22.4 Å². The fraction of sp³-hybridized carbons (Fsp3) is 0.143. The van der Waals surface area contributed by atoms with Crippen LogP contribution in [0.3, 0.4) is 0 Å². The predicted octanol–water partition coefficient (Wildman–Crippen LogP) is 0.805. The van der Waals surface area contributed by atoms with Gasteiger partial charge in [0.15, 0.2) is 0 Å². The summed E-state index contributed by atoms with van der Waals surface area (Å²) in [5.74, 6) is 0. The number of nitrogens with one attached hydrogen (secondary N) is 2. The normalized spacial score (nSPS) is 19.0. The SMILES string of the molecule is C1=C2SNN=C2c2nc[nH]c2C1. The first-order valence-electron chi connectivity index (χ1n) is 3.68. The van der Waals surface area contributed by atoms with Gasteiger partial charge in [0.1, 0.15) is 11.4 Å². The molecule has 4 nitrogen and oxygen atoms in total. The monoisotopic (exact) mass is 178 g/mol. The summed E-state index contributed by atoms with van der Waals surface area (Å²) in [7, 11) is 0. The molecule has 0 aromatic carbocycles. The number of nitrogens with zero attached hydrogens (tertiary/aromatic N) is 2. The largest absolute Gasteiger partial charge is 0.348 e. The molecule has 0 saturated carbocycles. The Morgan fingerprint density at radius 1 is 1.50 bits per heavy atom. The molecule has 60 valence electrons. The summed E-state index contributed by atoms with van der Waals surface area (Å²) >= 11 is 1.55. The maximum Gasteiger partial charge on any atom is 0.126 e. The number of hydrogen-bond donors (Lipinski definition) is 2. The van der Waals surface area contributed by atoms with E-state index in [1.807, 2.05) is 0 Å². The van der Waals surface area contributed by atoms with Gasteiger partial charge < -0.3 is 4.98 Å². The summed E-state index contributed by atoms with van der Waals surface area (Å²) in [6.45, 7) is 0. The van der Waals surface area contributed by atoms with E-state index in [-0.39, 0.29) is 0 Å². The number of aromatic nitrogens is 2. The molecular formula is C7H6N4S. The highest BCUT2D eigenvalue weighted by molar-refractivity contribution is 8.02. The minimum atomic E-state index is 0.929. The van der Waals surface area contributed by atoms with E-state index in [2.05, 4.69) is 26.0 Å². The molecule has 12 heavy (non-hydrogen) atoms. The Labute approximate surface area is 73.3 Å². The third kappa shape index (κ3) is 0.687. The van der Waals surface area contributed by atoms with Gasteiger partial charge in [-0.05, 0) is 0 Å². The van der Waals surface area contributed by atoms with Crippen molar-refractivity contribution < 1.29 is 0 Å². The fourth-order valence-corrected chi connectivity index (χ4v) is 2.05. The minimum absolute atomic E-state index is 0.929. The van der Waals surface area contributed by atoms with E-state index in [4.69, 9.17) is 0 Å². The first kappa shape index (κ1) is 6.30. The molecule has 0 amide bonds. The van der Waals surface area contributed by atoms with E-state index in [1.54, 1.807) is 18.3 Å². The second-order valence-electron chi connectivity index (χ2n) is 2.66. The molecule has 5 heteroatoms. The number of allylic oxidation sites excluding steroid dienone is 2. The van der Waals surface area contributed by atoms with Crippen molar-refractivity contribution in [1.29, 1.82) is 0 Å². The van der Waals surface area contributed by atoms with Crippen LogP contribution in [0.2, 0.25) is 0 Å². The summed E-state index contributed by atoms with van der Waals surface area (Å²) in [4.78, 5) is 11.4. The zero-order valence-electron chi connectivity index (χ0n) is 6.16. The molecule has 1 aromatic rings. The summed E-state index contributed by atoms with van der Waals surface area (Å²) in [5.41, 5.74) is 3.12. The smallest absolute Gasteiger partial charge is 0.126 e. The second kappa shape index (κ2) is 2.13. The van der Waals surface area contributed by atoms with Crippen LogP contribution in [0.4, 0.5) is 0 Å². The van der Waals surface area contributed by atoms with Crippen LogP contribution in [0.1, 0.15) is 11.4 Å². The Kier molecular flexibility index (Phi) is 1.12. The van der Waals surface area contributed by atoms with Crippen molar-refractivity contribution in [3.8, 4) is 0 Å². The van der Waals surface area contributed by atoms with Crippen molar-refractivity contribution in [3.63, 3.8) is 0 Å². The third-order valence-electron chi connectivity index (χ3n) is 1.98. The fourth-order valence-electron chi connectivity index (χ4n) is 1.40. The van der Waals surface area contributed by atoms with E-state index >= 15 is 0 Å². The van der Waals surface area contributed by atoms with Crippen LogP contribution in [0, 0.1) is 0 Å². The molecule has 0 unspecified atom stereocenters. The molecule has 2 N–H and O–H groups in total. The minimum Gasteiger partial charge on any atom is -0.348 e. The van der Waals surface area contributed by atoms with Crippen LogP contribution in [-0.4, -0.2) is 15.7 Å². The van der Waals surface area contributed by atoms with E-state index < -0.39 is 0 Å². The van der Waals surface area contributed by atoms with Gasteiger partial charge in [-0.3, -0.25) is 0 Å². The van der Waals surface area contributed by atoms with Crippen LogP contribution in [-0.2, 0) is 6.42 Å². The summed E-state index contributed by atoms with van der Waals surface area (Å²) < 4.78 is 0. The average Bonchev–Trinajstić information content (AvgIpc) is 2.71. The van der Waals surface area contributed by atoms with Crippen molar-refractivity contribution >= 4 is 17.7 Å². The molecular weight excluding hydrogens is 172 g/mol. The summed E-state index contributed by atoms with van der Waals surface area (Å²) in [6, 6.07) is 0. The first-order valence-corrected chi connectivity index (χ1v) is 4.49. The van der Waals surface area contributed by atoms with Gasteiger partial charge in [0.25, 0.3) is 0 Å². The Morgan fingerprint density at radius 2 is 2.50 bits per heavy atom. The van der Waals surface area contributed by atoms with Crippen molar-refractivity contribution in [2.24, 2.45) is 5.10 Å². The van der Waals surface area contributed by atoms with E-state index in [0.717, 1.165) is 23.5 Å². The Hall–Kier alpha value is -1.23. The summed E-state index contributed by atoms with van der Waals surface area (Å²) in [6.07, 6.45) is 4.80. The highest BCUT2D eigenvalue weighted by atomic mass is 32.2. The van der Waals surface area contributed by atoms with Gasteiger partial charge in [-0.1, -0.05) is 6.08 Å². The zero-order valence-corrected chi connectivity index (χ0v) is 6.98. The lowest BCUT2D eigenvalue weighted by atomic mass is 10.1. The molecule has 1 aromatic heterocycles. The number of fused-ring (bicyclic) bond motifs is 3. The third-order valence-corrected chi connectivity index (χ3v) is 2.74. The number of hydrazone groups is 1. The molecule has 3 rings (SSSR count). The zero-order chi connectivity index (χ0) is 7.97. The average molecular weight is 178 g/mol. The molecule has 0 radical (unpaired) electrons. The van der Waals surface area contributed by atoms with Gasteiger partial charge in [0.2, 0.25) is 0 Å². The quantitative estimate of drug-likeness (QED) is 0.578. The molecule has 0 saturated heterocycles. The molecule has 1 aliphatic carbocycles. The molecule has 1 aliphatic heterocycles. The van der Waals surface area contributed by atoms with Gasteiger partial charge in [0, 0.05) is 24.1 Å². The number of imidazole rings is 1. The maximum atomic E-state index is 4.22. The van der Waals surface area contributed by atoms with Crippen molar-refractivity contribution in [1.82, 2.24) is 14.8 Å². The predicted molar refractivity (Wildman–Crippen MR) is 47.6 cm³/mol. The Bertz CT molecular complexity index is 390. The first-order chi connectivity index (χ1) is 5.95. The van der Waals surface area contributed by atoms with E-state index in [0.29, 0.717) is 0 Å². The molecule has 0 spiro atoms. The van der Waals surface area contributed by atoms with Crippen LogP contribution < -0.4 is 4.83 Å². The van der Waals surface area contributed by atoms with Gasteiger partial charge in [-0.15, -0.1) is 0 Å². The second-order valence-corrected chi connectivity index (χ2v) is 3.48. The Morgan fingerprint density at radius 3 is 3.50 bits per heavy atom. The van der Waals surface area contributed by atoms with E-state index in [1.165, 1.54) is 4.91 Å². The summed E-state index contributed by atoms with van der Waals surface area (Å²) in [5, 5.41) is 4.15. The van der Waals surface area contributed by atoms with Crippen molar-refractivity contribution in [2.75, 3.05) is 0 Å². The lowest BCUT2D eigenvalue weighted by molar-refractivity contribution is 1.11. The van der Waals surface area contributed by atoms with Gasteiger partial charge in [0.05, 0.1) is 11.2 Å². The van der Waals surface area contributed by atoms with Gasteiger partial charge in [-0.2, -0.15) is 5.10 Å². The van der Waals surface area contributed by atoms with Crippen LogP contribution in [0.5, 0.6) is 0 Å². The Balaban J connectivity index is 2.23. The topological polar surface area (TPSA) is 53.1 Å². The lowest BCUT2D eigenvalue weighted by Crippen LogP contribution is -2.08. The number of rotatable bonds is 0. The number of aromatic amines is 1. The molecule has 2 aliphatic rings. The maximum absolute atomic E-state index is 4.22. The van der Waals surface area contributed by atoms with Crippen LogP contribution >= 0.6 is 11.9 Å². The molecule has 2 heterocycles. The van der Waals surface area contributed by atoms with Crippen molar-refractivity contribution in [2.45, 2.75) is 6.42 Å². The highest BCUT2D eigenvalue weighted by Gasteiger charge is 2.24. The molecule has 0 fully saturated rings. The van der Waals surface area contributed by atoms with Crippen molar-refractivity contribution in [3.05, 3.63) is 28.7 Å². The van der Waals surface area contributed by atoms with Gasteiger partial charge >= 0.3 is 0 Å². The van der Waals surface area contributed by atoms with Crippen LogP contribution in [0.25, 0.3) is 0 Å². The molecule has 0 atom stereocenters. The van der Waals surface area contributed by atoms with Gasteiger partial charge in [-0.25, -0.2) is 9.82 Å².